The molecular weight excluding hydrogens is 480 g/mol. The summed E-state index contributed by atoms with van der Waals surface area (Å²) in [6, 6.07) is 13.6. The number of hydrogen-bond donors (Lipinski definition) is 1. The first-order valence-electron chi connectivity index (χ1n) is 10.3. The van der Waals surface area contributed by atoms with Crippen LogP contribution in [-0.2, 0) is 20.8 Å². The molecule has 2 aromatic carbocycles. The second-order valence-electron chi connectivity index (χ2n) is 8.37. The highest BCUT2D eigenvalue weighted by Gasteiger charge is 2.61. The lowest BCUT2D eigenvalue weighted by molar-refractivity contribution is -0.147. The number of nitrogens with zero attached hydrogens (tertiary/aromatic N) is 1. The predicted molar refractivity (Wildman–Crippen MR) is 121 cm³/mol. The standard InChI is InChI=1S/C24H20BrClN2O3/c25-17-9-8-16(12-18(17)26)27-22(29)19(10-13-4-2-1-3-5-13)28-23(30)20-14-6-7-15(11-14)21(20)24(28)31/h1-9,12,14-15,19-21H,10-11H2,(H,27,29)/t14-,15-,19-,20-,21-/m0/s1. The molecule has 1 N–H and O–H groups in total. The molecule has 5 nitrogen and oxygen atoms in total. The van der Waals surface area contributed by atoms with Crippen molar-refractivity contribution in [2.45, 2.75) is 18.9 Å². The summed E-state index contributed by atoms with van der Waals surface area (Å²) in [7, 11) is 0. The van der Waals surface area contributed by atoms with Crippen molar-refractivity contribution in [2.75, 3.05) is 5.32 Å². The van der Waals surface area contributed by atoms with Crippen LogP contribution in [0.25, 0.3) is 0 Å². The molecule has 2 bridgehead atoms. The maximum Gasteiger partial charge on any atom is 0.248 e. The zero-order valence-electron chi connectivity index (χ0n) is 16.5. The molecule has 158 valence electrons. The predicted octanol–water partition coefficient (Wildman–Crippen LogP) is 4.46. The Balaban J connectivity index is 1.46. The summed E-state index contributed by atoms with van der Waals surface area (Å²) in [5, 5.41) is 3.31. The van der Waals surface area contributed by atoms with E-state index in [0.717, 1.165) is 12.0 Å². The number of amides is 3. The number of hydrogen-bond acceptors (Lipinski definition) is 3. The molecular formula is C24H20BrClN2O3. The van der Waals surface area contributed by atoms with Crippen molar-refractivity contribution in [2.24, 2.45) is 23.7 Å². The molecule has 5 rings (SSSR count). The Kier molecular flexibility index (Phi) is 5.22. The monoisotopic (exact) mass is 498 g/mol. The number of halogens is 2. The summed E-state index contributed by atoms with van der Waals surface area (Å²) >= 11 is 9.49. The van der Waals surface area contributed by atoms with Crippen LogP contribution >= 0.6 is 27.5 Å². The highest BCUT2D eigenvalue weighted by molar-refractivity contribution is 9.10. The van der Waals surface area contributed by atoms with Crippen LogP contribution in [0.3, 0.4) is 0 Å². The van der Waals surface area contributed by atoms with Crippen LogP contribution in [0, 0.1) is 23.7 Å². The molecule has 2 aliphatic carbocycles. The van der Waals surface area contributed by atoms with E-state index in [1.807, 2.05) is 30.3 Å². The van der Waals surface area contributed by atoms with Crippen LogP contribution in [0.15, 0.2) is 65.2 Å². The van der Waals surface area contributed by atoms with Crippen molar-refractivity contribution in [3.63, 3.8) is 0 Å². The minimum atomic E-state index is -0.921. The fraction of sp³-hybridized carbons (Fsp3) is 0.292. The van der Waals surface area contributed by atoms with Gasteiger partial charge in [0.25, 0.3) is 0 Å². The topological polar surface area (TPSA) is 66.5 Å². The van der Waals surface area contributed by atoms with Crippen molar-refractivity contribution in [1.29, 1.82) is 0 Å². The van der Waals surface area contributed by atoms with Crippen LogP contribution in [0.4, 0.5) is 5.69 Å². The molecule has 0 aromatic heterocycles. The van der Waals surface area contributed by atoms with Gasteiger partial charge in [-0.2, -0.15) is 0 Å². The lowest BCUT2D eigenvalue weighted by atomic mass is 9.85. The molecule has 2 aromatic rings. The van der Waals surface area contributed by atoms with Gasteiger partial charge in [0.15, 0.2) is 0 Å². The lowest BCUT2D eigenvalue weighted by Crippen LogP contribution is -2.49. The summed E-state index contributed by atoms with van der Waals surface area (Å²) in [4.78, 5) is 41.3. The Morgan fingerprint density at radius 3 is 2.32 bits per heavy atom. The molecule has 1 saturated heterocycles. The Labute approximate surface area is 193 Å². The zero-order valence-corrected chi connectivity index (χ0v) is 18.8. The van der Waals surface area contributed by atoms with E-state index in [1.165, 1.54) is 4.90 Å². The van der Waals surface area contributed by atoms with Crippen molar-refractivity contribution in [1.82, 2.24) is 4.90 Å². The fourth-order valence-corrected chi connectivity index (χ4v) is 5.60. The van der Waals surface area contributed by atoms with Gasteiger partial charge in [-0.05, 0) is 57.9 Å². The van der Waals surface area contributed by atoms with Crippen LogP contribution in [0.2, 0.25) is 5.02 Å². The first-order chi connectivity index (χ1) is 14.9. The van der Waals surface area contributed by atoms with Gasteiger partial charge in [0, 0.05) is 16.6 Å². The summed E-state index contributed by atoms with van der Waals surface area (Å²) < 4.78 is 0.716. The van der Waals surface area contributed by atoms with Gasteiger partial charge in [-0.15, -0.1) is 0 Å². The fourth-order valence-electron chi connectivity index (χ4n) is 5.17. The number of likely N-dealkylation sites (tertiary alicyclic amines) is 1. The Hall–Kier alpha value is -2.44. The third-order valence-corrected chi connectivity index (χ3v) is 7.81. The van der Waals surface area contributed by atoms with Crippen LogP contribution in [0.1, 0.15) is 12.0 Å². The van der Waals surface area contributed by atoms with E-state index >= 15 is 0 Å². The molecule has 3 aliphatic rings. The maximum atomic E-state index is 13.4. The summed E-state index contributed by atoms with van der Waals surface area (Å²) in [6.45, 7) is 0. The first kappa shape index (κ1) is 20.5. The number of imide groups is 1. The number of benzene rings is 2. The number of anilines is 1. The summed E-state index contributed by atoms with van der Waals surface area (Å²) in [5.41, 5.74) is 1.40. The molecule has 1 saturated carbocycles. The van der Waals surface area contributed by atoms with Gasteiger partial charge < -0.3 is 5.32 Å². The Morgan fingerprint density at radius 1 is 1.06 bits per heavy atom. The van der Waals surface area contributed by atoms with Gasteiger partial charge >= 0.3 is 0 Å². The molecule has 5 atom stereocenters. The van der Waals surface area contributed by atoms with Crippen LogP contribution < -0.4 is 5.32 Å². The number of carbonyl (C=O) groups excluding carboxylic acids is 3. The van der Waals surface area contributed by atoms with E-state index in [-0.39, 0.29) is 41.9 Å². The smallest absolute Gasteiger partial charge is 0.248 e. The molecule has 2 fully saturated rings. The molecule has 31 heavy (non-hydrogen) atoms. The minimum absolute atomic E-state index is 0.0992. The van der Waals surface area contributed by atoms with E-state index in [1.54, 1.807) is 18.2 Å². The maximum absolute atomic E-state index is 13.4. The molecule has 1 aliphatic heterocycles. The SMILES string of the molecule is O=C(Nc1ccc(Br)c(Cl)c1)[C@H](Cc1ccccc1)N1C(=O)[C@@H]2[C@@H](C1=O)[C@H]1C=C[C@H]2C1. The van der Waals surface area contributed by atoms with Crippen molar-refractivity contribution >= 4 is 50.9 Å². The summed E-state index contributed by atoms with van der Waals surface area (Å²) in [6.07, 6.45) is 5.22. The number of fused-ring (bicyclic) bond motifs is 5. The molecule has 0 unspecified atom stereocenters. The minimum Gasteiger partial charge on any atom is -0.324 e. The van der Waals surface area contributed by atoms with E-state index in [4.69, 9.17) is 11.6 Å². The average Bonchev–Trinajstić information content (AvgIpc) is 3.44. The second kappa shape index (κ2) is 7.92. The Bertz CT molecular complexity index is 1070. The third-order valence-electron chi connectivity index (χ3n) is 6.58. The van der Waals surface area contributed by atoms with Crippen molar-refractivity contribution in [3.05, 3.63) is 75.7 Å². The molecule has 7 heteroatoms. The van der Waals surface area contributed by atoms with Gasteiger partial charge in [0.1, 0.15) is 6.04 Å². The van der Waals surface area contributed by atoms with E-state index in [0.29, 0.717) is 15.2 Å². The quantitative estimate of drug-likeness (QED) is 0.488. The zero-order chi connectivity index (χ0) is 21.7. The largest absolute Gasteiger partial charge is 0.324 e. The van der Waals surface area contributed by atoms with Gasteiger partial charge in [-0.1, -0.05) is 54.1 Å². The normalized spacial score (nSPS) is 27.0. The van der Waals surface area contributed by atoms with Gasteiger partial charge in [0.2, 0.25) is 17.7 Å². The molecule has 1 heterocycles. The van der Waals surface area contributed by atoms with Crippen molar-refractivity contribution < 1.29 is 14.4 Å². The highest BCUT2D eigenvalue weighted by Crippen LogP contribution is 2.53. The second-order valence-corrected chi connectivity index (χ2v) is 9.63. The van der Waals surface area contributed by atoms with E-state index < -0.39 is 11.9 Å². The number of nitrogens with one attached hydrogen (secondary N) is 1. The van der Waals surface area contributed by atoms with Gasteiger partial charge in [0.05, 0.1) is 16.9 Å². The highest BCUT2D eigenvalue weighted by atomic mass is 79.9. The molecule has 0 spiro atoms. The number of carbonyl (C=O) groups is 3. The van der Waals surface area contributed by atoms with E-state index in [9.17, 15) is 14.4 Å². The van der Waals surface area contributed by atoms with Crippen LogP contribution in [-0.4, -0.2) is 28.7 Å². The summed E-state index contributed by atoms with van der Waals surface area (Å²) in [5.74, 6) is -1.33. The number of rotatable bonds is 5. The first-order valence-corrected chi connectivity index (χ1v) is 11.5. The average molecular weight is 500 g/mol. The van der Waals surface area contributed by atoms with Gasteiger partial charge in [-0.25, -0.2) is 0 Å². The molecule has 3 amide bonds. The Morgan fingerprint density at radius 2 is 1.71 bits per heavy atom. The lowest BCUT2D eigenvalue weighted by Gasteiger charge is -2.27. The van der Waals surface area contributed by atoms with Crippen LogP contribution in [0.5, 0.6) is 0 Å². The molecule has 0 radical (unpaired) electrons. The van der Waals surface area contributed by atoms with E-state index in [2.05, 4.69) is 33.4 Å². The van der Waals surface area contributed by atoms with Gasteiger partial charge in [-0.3, -0.25) is 19.3 Å². The number of allylic oxidation sites excluding steroid dienone is 2. The third kappa shape index (κ3) is 3.52. The van der Waals surface area contributed by atoms with Crippen molar-refractivity contribution in [3.8, 4) is 0 Å².